The van der Waals surface area contributed by atoms with Crippen LogP contribution in [0.15, 0.2) is 36.9 Å². The molecular weight excluding hydrogens is 272 g/mol. The van der Waals surface area contributed by atoms with Crippen LogP contribution >= 0.6 is 0 Å². The minimum Gasteiger partial charge on any atom is -0.497 e. The minimum absolute atomic E-state index is 0.288. The molecule has 0 saturated carbocycles. The van der Waals surface area contributed by atoms with Crippen molar-refractivity contribution in [2.45, 2.75) is 0 Å². The zero-order valence-electron chi connectivity index (χ0n) is 11.1. The molecule has 21 heavy (non-hydrogen) atoms. The molecule has 0 aliphatic rings. The zero-order chi connectivity index (χ0) is 14.7. The Morgan fingerprint density at radius 1 is 1.19 bits per heavy atom. The number of imidazole rings is 1. The number of methoxy groups -OCH3 is 1. The molecule has 3 rings (SSSR count). The number of rotatable bonds is 4. The standard InChI is InChI=1S/C13H12N6O2/c1-21-9-4-2-8(3-5-9)13(20)19-18-12-10-11(15-6-14-10)16-7-17-12/h2-7H,1H3,(H,19,20)(H2,14,15,16,17,18). The Kier molecular flexibility index (Phi) is 3.34. The summed E-state index contributed by atoms with van der Waals surface area (Å²) in [7, 11) is 1.57. The molecule has 3 N–H and O–H groups in total. The first-order valence-corrected chi connectivity index (χ1v) is 6.12. The number of amides is 1. The molecule has 0 aliphatic carbocycles. The zero-order valence-corrected chi connectivity index (χ0v) is 11.1. The van der Waals surface area contributed by atoms with Crippen molar-refractivity contribution in [1.29, 1.82) is 0 Å². The van der Waals surface area contributed by atoms with Gasteiger partial charge < -0.3 is 9.72 Å². The second-order valence-corrected chi connectivity index (χ2v) is 4.13. The maximum absolute atomic E-state index is 12.0. The summed E-state index contributed by atoms with van der Waals surface area (Å²) >= 11 is 0. The lowest BCUT2D eigenvalue weighted by Crippen LogP contribution is -2.29. The summed E-state index contributed by atoms with van der Waals surface area (Å²) in [6, 6.07) is 6.77. The molecule has 2 heterocycles. The van der Waals surface area contributed by atoms with Crippen molar-refractivity contribution in [2.24, 2.45) is 0 Å². The van der Waals surface area contributed by atoms with Crippen LogP contribution in [0.2, 0.25) is 0 Å². The molecule has 0 unspecified atom stereocenters. The van der Waals surface area contributed by atoms with Gasteiger partial charge in [0.15, 0.2) is 11.5 Å². The van der Waals surface area contributed by atoms with E-state index in [1.165, 1.54) is 12.7 Å². The number of hydrogen-bond acceptors (Lipinski definition) is 6. The lowest BCUT2D eigenvalue weighted by atomic mass is 10.2. The quantitative estimate of drug-likeness (QED) is 0.620. The highest BCUT2D eigenvalue weighted by molar-refractivity contribution is 5.95. The fraction of sp³-hybridized carbons (Fsp3) is 0.0769. The van der Waals surface area contributed by atoms with E-state index in [4.69, 9.17) is 4.74 Å². The highest BCUT2D eigenvalue weighted by atomic mass is 16.5. The first-order valence-electron chi connectivity index (χ1n) is 6.12. The van der Waals surface area contributed by atoms with Gasteiger partial charge in [-0.1, -0.05) is 0 Å². The van der Waals surface area contributed by atoms with Gasteiger partial charge >= 0.3 is 0 Å². The van der Waals surface area contributed by atoms with E-state index >= 15 is 0 Å². The van der Waals surface area contributed by atoms with Gasteiger partial charge in [-0.3, -0.25) is 15.6 Å². The van der Waals surface area contributed by atoms with Crippen LogP contribution in [0.4, 0.5) is 5.82 Å². The van der Waals surface area contributed by atoms with Gasteiger partial charge in [0, 0.05) is 5.56 Å². The molecule has 8 heteroatoms. The topological polar surface area (TPSA) is 105 Å². The molecule has 0 aliphatic heterocycles. The molecule has 106 valence electrons. The number of nitrogens with one attached hydrogen (secondary N) is 3. The number of fused-ring (bicyclic) bond motifs is 1. The van der Waals surface area contributed by atoms with E-state index in [0.29, 0.717) is 28.3 Å². The number of hydrogen-bond donors (Lipinski definition) is 3. The predicted molar refractivity (Wildman–Crippen MR) is 75.8 cm³/mol. The molecule has 1 amide bonds. The predicted octanol–water partition coefficient (Wildman–Crippen LogP) is 1.12. The summed E-state index contributed by atoms with van der Waals surface area (Å²) < 4.78 is 5.04. The molecule has 0 fully saturated rings. The summed E-state index contributed by atoms with van der Waals surface area (Å²) in [6.45, 7) is 0. The van der Waals surface area contributed by atoms with Crippen LogP contribution in [-0.4, -0.2) is 33.0 Å². The Labute approximate surface area is 119 Å². The second kappa shape index (κ2) is 5.45. The molecular formula is C13H12N6O2. The summed E-state index contributed by atoms with van der Waals surface area (Å²) in [5.74, 6) is 0.845. The number of aromatic nitrogens is 4. The van der Waals surface area contributed by atoms with Crippen molar-refractivity contribution in [3.8, 4) is 5.75 Å². The van der Waals surface area contributed by atoms with Crippen molar-refractivity contribution in [3.05, 3.63) is 42.5 Å². The maximum Gasteiger partial charge on any atom is 0.269 e. The van der Waals surface area contributed by atoms with Crippen molar-refractivity contribution in [1.82, 2.24) is 25.4 Å². The summed E-state index contributed by atoms with van der Waals surface area (Å²) in [5, 5.41) is 0. The number of nitrogens with zero attached hydrogens (tertiary/aromatic N) is 3. The lowest BCUT2D eigenvalue weighted by molar-refractivity contribution is 0.0962. The molecule has 0 spiro atoms. The van der Waals surface area contributed by atoms with Crippen LogP contribution in [0.3, 0.4) is 0 Å². The third-order valence-corrected chi connectivity index (χ3v) is 2.87. The largest absolute Gasteiger partial charge is 0.497 e. The highest BCUT2D eigenvalue weighted by Gasteiger charge is 2.08. The number of aromatic amines is 1. The Morgan fingerprint density at radius 2 is 2.00 bits per heavy atom. The fourth-order valence-electron chi connectivity index (χ4n) is 1.79. The number of carbonyl (C=O) groups is 1. The van der Waals surface area contributed by atoms with Crippen molar-refractivity contribution in [3.63, 3.8) is 0 Å². The van der Waals surface area contributed by atoms with E-state index < -0.39 is 0 Å². The van der Waals surface area contributed by atoms with Gasteiger partial charge in [0.1, 0.15) is 17.6 Å². The van der Waals surface area contributed by atoms with Crippen LogP contribution in [0.1, 0.15) is 10.4 Å². The van der Waals surface area contributed by atoms with Gasteiger partial charge in [-0.15, -0.1) is 0 Å². The molecule has 0 atom stereocenters. The molecule has 0 bridgehead atoms. The Balaban J connectivity index is 1.71. The number of benzene rings is 1. The number of H-pyrrole nitrogens is 1. The van der Waals surface area contributed by atoms with Crippen molar-refractivity contribution >= 4 is 22.9 Å². The van der Waals surface area contributed by atoms with Gasteiger partial charge in [0.2, 0.25) is 0 Å². The van der Waals surface area contributed by atoms with Crippen LogP contribution in [0, 0.1) is 0 Å². The molecule has 1 aromatic carbocycles. The van der Waals surface area contributed by atoms with Crippen LogP contribution in [0.25, 0.3) is 11.2 Å². The Hall–Kier alpha value is -3.16. The molecule has 3 aromatic rings. The smallest absolute Gasteiger partial charge is 0.269 e. The SMILES string of the molecule is COc1ccc(C(=O)NNc2ncnc3nc[nH]c23)cc1. The van der Waals surface area contributed by atoms with Crippen LogP contribution in [-0.2, 0) is 0 Å². The Bertz CT molecular complexity index is 768. The lowest BCUT2D eigenvalue weighted by Gasteiger charge is -2.08. The first kappa shape index (κ1) is 12.9. The van der Waals surface area contributed by atoms with Gasteiger partial charge in [-0.05, 0) is 24.3 Å². The molecule has 0 radical (unpaired) electrons. The molecule has 0 saturated heterocycles. The first-order chi connectivity index (χ1) is 10.3. The van der Waals surface area contributed by atoms with Crippen LogP contribution < -0.4 is 15.6 Å². The average Bonchev–Trinajstić information content (AvgIpc) is 3.02. The summed E-state index contributed by atoms with van der Waals surface area (Å²) in [5.41, 5.74) is 6.95. The maximum atomic E-state index is 12.0. The van der Waals surface area contributed by atoms with E-state index in [0.717, 1.165) is 0 Å². The third-order valence-electron chi connectivity index (χ3n) is 2.87. The van der Waals surface area contributed by atoms with E-state index in [9.17, 15) is 4.79 Å². The van der Waals surface area contributed by atoms with E-state index in [1.807, 2.05) is 0 Å². The van der Waals surface area contributed by atoms with Gasteiger partial charge in [0.25, 0.3) is 5.91 Å². The monoisotopic (exact) mass is 284 g/mol. The van der Waals surface area contributed by atoms with E-state index in [1.54, 1.807) is 31.4 Å². The molecule has 2 aromatic heterocycles. The van der Waals surface area contributed by atoms with Gasteiger partial charge in [0.05, 0.1) is 13.4 Å². The second-order valence-electron chi connectivity index (χ2n) is 4.13. The van der Waals surface area contributed by atoms with Gasteiger partial charge in [-0.25, -0.2) is 15.0 Å². The van der Waals surface area contributed by atoms with Crippen LogP contribution in [0.5, 0.6) is 5.75 Å². The number of ether oxygens (including phenoxy) is 1. The van der Waals surface area contributed by atoms with Gasteiger partial charge in [-0.2, -0.15) is 0 Å². The Morgan fingerprint density at radius 3 is 2.76 bits per heavy atom. The fourth-order valence-corrected chi connectivity index (χ4v) is 1.79. The average molecular weight is 284 g/mol. The number of carbonyl (C=O) groups excluding carboxylic acids is 1. The van der Waals surface area contributed by atoms with Crippen molar-refractivity contribution < 1.29 is 9.53 Å². The highest BCUT2D eigenvalue weighted by Crippen LogP contribution is 2.14. The minimum atomic E-state index is -0.288. The molecule has 8 nitrogen and oxygen atoms in total. The number of hydrazine groups is 1. The van der Waals surface area contributed by atoms with E-state index in [2.05, 4.69) is 30.8 Å². The summed E-state index contributed by atoms with van der Waals surface area (Å²) in [4.78, 5) is 26.9. The summed E-state index contributed by atoms with van der Waals surface area (Å²) in [6.07, 6.45) is 2.88. The van der Waals surface area contributed by atoms with E-state index in [-0.39, 0.29) is 5.91 Å². The third kappa shape index (κ3) is 2.59. The van der Waals surface area contributed by atoms with Crippen molar-refractivity contribution in [2.75, 3.05) is 12.5 Å². The number of anilines is 1. The normalized spacial score (nSPS) is 10.3.